The first-order valence-corrected chi connectivity index (χ1v) is 8.70. The fourth-order valence-corrected chi connectivity index (χ4v) is 5.18. The zero-order valence-electron chi connectivity index (χ0n) is 13.1. The quantitative estimate of drug-likeness (QED) is 0.868. The van der Waals surface area contributed by atoms with Crippen molar-refractivity contribution in [1.82, 2.24) is 4.90 Å². The first kappa shape index (κ1) is 14.1. The van der Waals surface area contributed by atoms with Crippen LogP contribution in [0.15, 0.2) is 18.2 Å². The second-order valence-electron chi connectivity index (χ2n) is 6.28. The van der Waals surface area contributed by atoms with Gasteiger partial charge in [0.05, 0.1) is 7.11 Å². The van der Waals surface area contributed by atoms with E-state index >= 15 is 0 Å². The zero-order chi connectivity index (χ0) is 15.3. The maximum absolute atomic E-state index is 10.1. The molecule has 1 aromatic heterocycles. The van der Waals surface area contributed by atoms with Crippen LogP contribution in [0.5, 0.6) is 11.5 Å². The summed E-state index contributed by atoms with van der Waals surface area (Å²) in [6.45, 7) is 4.17. The van der Waals surface area contributed by atoms with Gasteiger partial charge < -0.3 is 9.84 Å². The molecule has 4 rings (SSSR count). The van der Waals surface area contributed by atoms with E-state index < -0.39 is 0 Å². The van der Waals surface area contributed by atoms with Crippen LogP contribution < -0.4 is 4.74 Å². The van der Waals surface area contributed by atoms with E-state index in [1.807, 2.05) is 11.3 Å². The van der Waals surface area contributed by atoms with Gasteiger partial charge in [-0.15, -0.1) is 11.3 Å². The summed E-state index contributed by atoms with van der Waals surface area (Å²) < 4.78 is 5.48. The largest absolute Gasteiger partial charge is 0.504 e. The highest BCUT2D eigenvalue weighted by Gasteiger charge is 2.32. The third-order valence-electron chi connectivity index (χ3n) is 4.97. The molecule has 2 aliphatic rings. The highest BCUT2D eigenvalue weighted by atomic mass is 32.1. The van der Waals surface area contributed by atoms with Crippen LogP contribution in [0.1, 0.15) is 38.9 Å². The van der Waals surface area contributed by atoms with Gasteiger partial charge in [-0.1, -0.05) is 6.07 Å². The van der Waals surface area contributed by atoms with Crippen LogP contribution in [0.4, 0.5) is 0 Å². The Hall–Kier alpha value is -1.52. The summed E-state index contributed by atoms with van der Waals surface area (Å²) in [4.78, 5) is 5.54. The predicted octanol–water partition coefficient (Wildman–Crippen LogP) is 3.82. The molecule has 0 radical (unpaired) electrons. The topological polar surface area (TPSA) is 32.7 Å². The maximum atomic E-state index is 10.1. The Kier molecular flexibility index (Phi) is 3.39. The molecule has 0 amide bonds. The Bertz CT molecular complexity index is 722. The van der Waals surface area contributed by atoms with Crippen molar-refractivity contribution in [2.45, 2.75) is 38.8 Å². The number of nitrogens with zero attached hydrogens (tertiary/aromatic N) is 1. The van der Waals surface area contributed by atoms with Crippen LogP contribution >= 0.6 is 11.3 Å². The summed E-state index contributed by atoms with van der Waals surface area (Å²) in [7, 11) is 1.65. The lowest BCUT2D eigenvalue weighted by atomic mass is 9.97. The highest BCUT2D eigenvalue weighted by Crippen LogP contribution is 2.44. The highest BCUT2D eigenvalue weighted by molar-refractivity contribution is 7.12. The molecule has 3 heterocycles. The third-order valence-corrected chi connectivity index (χ3v) is 6.16. The van der Waals surface area contributed by atoms with Gasteiger partial charge in [-0.05, 0) is 49.4 Å². The van der Waals surface area contributed by atoms with Gasteiger partial charge >= 0.3 is 0 Å². The Labute approximate surface area is 135 Å². The number of fused-ring (bicyclic) bond motifs is 4. The molecule has 3 nitrogen and oxygen atoms in total. The third kappa shape index (κ3) is 2.13. The van der Waals surface area contributed by atoms with Gasteiger partial charge in [0, 0.05) is 34.4 Å². The number of phenolic OH excluding ortho intramolecular Hbond substituents is 1. The second kappa shape index (κ2) is 5.28. The molecule has 116 valence electrons. The molecule has 0 aliphatic carbocycles. The summed E-state index contributed by atoms with van der Waals surface area (Å²) in [5, 5.41) is 10.1. The maximum Gasteiger partial charge on any atom is 0.165 e. The Balaban J connectivity index is 1.75. The van der Waals surface area contributed by atoms with E-state index in [9.17, 15) is 5.11 Å². The van der Waals surface area contributed by atoms with E-state index in [0.717, 1.165) is 32.4 Å². The van der Waals surface area contributed by atoms with Gasteiger partial charge in [0.1, 0.15) is 0 Å². The number of methoxy groups -OCH3 is 1. The van der Waals surface area contributed by atoms with Crippen molar-refractivity contribution < 1.29 is 9.84 Å². The van der Waals surface area contributed by atoms with E-state index in [-0.39, 0.29) is 5.75 Å². The number of ether oxygens (including phenoxy) is 1. The van der Waals surface area contributed by atoms with Gasteiger partial charge in [-0.3, -0.25) is 4.90 Å². The lowest BCUT2D eigenvalue weighted by Crippen LogP contribution is -2.33. The number of benzene rings is 1. The minimum atomic E-state index is 0.254. The fourth-order valence-electron chi connectivity index (χ4n) is 3.94. The lowest BCUT2D eigenvalue weighted by molar-refractivity contribution is 0.176. The first-order valence-electron chi connectivity index (χ1n) is 7.88. The van der Waals surface area contributed by atoms with Gasteiger partial charge in [0.15, 0.2) is 11.5 Å². The van der Waals surface area contributed by atoms with Crippen molar-refractivity contribution in [2.75, 3.05) is 13.7 Å². The number of rotatable bonds is 1. The van der Waals surface area contributed by atoms with Gasteiger partial charge in [0.2, 0.25) is 0 Å². The second-order valence-corrected chi connectivity index (χ2v) is 7.57. The van der Waals surface area contributed by atoms with Crippen molar-refractivity contribution in [2.24, 2.45) is 0 Å². The van der Waals surface area contributed by atoms with Crippen LogP contribution in [0, 0.1) is 6.92 Å². The molecule has 0 bridgehead atoms. The van der Waals surface area contributed by atoms with Crippen LogP contribution in [0.3, 0.4) is 0 Å². The Morgan fingerprint density at radius 3 is 2.95 bits per heavy atom. The summed E-state index contributed by atoms with van der Waals surface area (Å²) >= 11 is 1.95. The molecule has 0 fully saturated rings. The standard InChI is InChI=1S/C18H21NO2S/c1-11-9-13-7-8-19-10-14-12(3-5-15(19)18(13)22-11)4-6-16(20)17(14)21-2/h4,6,9,15,20H,3,5,7-8,10H2,1-2H3/t15-/m0/s1. The summed E-state index contributed by atoms with van der Waals surface area (Å²) in [6, 6.07) is 6.71. The van der Waals surface area contributed by atoms with Gasteiger partial charge in [0.25, 0.3) is 0 Å². The van der Waals surface area contributed by atoms with Crippen molar-refractivity contribution in [3.63, 3.8) is 0 Å². The van der Waals surface area contributed by atoms with Gasteiger partial charge in [-0.25, -0.2) is 0 Å². The number of hydrogen-bond acceptors (Lipinski definition) is 4. The van der Waals surface area contributed by atoms with Crippen molar-refractivity contribution in [1.29, 1.82) is 0 Å². The van der Waals surface area contributed by atoms with Crippen LogP contribution in [-0.4, -0.2) is 23.7 Å². The van der Waals surface area contributed by atoms with E-state index in [4.69, 9.17) is 4.74 Å². The summed E-state index contributed by atoms with van der Waals surface area (Å²) in [5.74, 6) is 0.913. The molecule has 2 aromatic rings. The molecule has 4 heteroatoms. The van der Waals surface area contributed by atoms with E-state index in [1.54, 1.807) is 23.6 Å². The van der Waals surface area contributed by atoms with Crippen molar-refractivity contribution in [3.05, 3.63) is 44.6 Å². The SMILES string of the molecule is COc1c(O)ccc2c1CN1CCc3cc(C)sc3[C@@H]1CC2. The lowest BCUT2D eigenvalue weighted by Gasteiger charge is -2.34. The molecule has 1 atom stereocenters. The molecule has 0 saturated heterocycles. The molecule has 22 heavy (non-hydrogen) atoms. The van der Waals surface area contributed by atoms with Crippen molar-refractivity contribution in [3.8, 4) is 11.5 Å². The van der Waals surface area contributed by atoms with E-state index in [0.29, 0.717) is 11.8 Å². The number of hydrogen-bond donors (Lipinski definition) is 1. The Morgan fingerprint density at radius 1 is 1.27 bits per heavy atom. The normalized spacial score (nSPS) is 20.7. The van der Waals surface area contributed by atoms with Crippen LogP contribution in [0.2, 0.25) is 0 Å². The van der Waals surface area contributed by atoms with Crippen molar-refractivity contribution >= 4 is 11.3 Å². The minimum absolute atomic E-state index is 0.254. The average molecular weight is 315 g/mol. The first-order chi connectivity index (χ1) is 10.7. The Morgan fingerprint density at radius 2 is 2.14 bits per heavy atom. The molecule has 2 aliphatic heterocycles. The van der Waals surface area contributed by atoms with E-state index in [1.165, 1.54) is 16.0 Å². The number of thiophene rings is 1. The molecule has 0 spiro atoms. The fraction of sp³-hybridized carbons (Fsp3) is 0.444. The molecule has 0 unspecified atom stereocenters. The van der Waals surface area contributed by atoms with Crippen LogP contribution in [0.25, 0.3) is 0 Å². The molecule has 1 aromatic carbocycles. The predicted molar refractivity (Wildman–Crippen MR) is 88.9 cm³/mol. The smallest absolute Gasteiger partial charge is 0.165 e. The minimum Gasteiger partial charge on any atom is -0.504 e. The summed E-state index contributed by atoms with van der Waals surface area (Å²) in [5.41, 5.74) is 4.03. The molecular formula is C18H21NO2S. The number of aromatic hydroxyl groups is 1. The molecular weight excluding hydrogens is 294 g/mol. The number of phenols is 1. The van der Waals surface area contributed by atoms with Gasteiger partial charge in [-0.2, -0.15) is 0 Å². The number of aryl methyl sites for hydroxylation is 2. The molecule has 1 N–H and O–H groups in total. The van der Waals surface area contributed by atoms with Crippen LogP contribution in [-0.2, 0) is 19.4 Å². The molecule has 0 saturated carbocycles. The monoisotopic (exact) mass is 315 g/mol. The zero-order valence-corrected chi connectivity index (χ0v) is 13.9. The average Bonchev–Trinajstić information content (AvgIpc) is 2.77. The summed E-state index contributed by atoms with van der Waals surface area (Å²) in [6.07, 6.45) is 3.32. The van der Waals surface area contributed by atoms with E-state index in [2.05, 4.69) is 24.0 Å².